The van der Waals surface area contributed by atoms with Gasteiger partial charge in [0.15, 0.2) is 5.82 Å². The molecule has 1 fully saturated rings. The lowest BCUT2D eigenvalue weighted by atomic mass is 10.0. The minimum Gasteiger partial charge on any atom is -0.238 e. The van der Waals surface area contributed by atoms with Crippen LogP contribution in [0.25, 0.3) is 10.2 Å². The van der Waals surface area contributed by atoms with Gasteiger partial charge >= 0.3 is 0 Å². The van der Waals surface area contributed by atoms with Gasteiger partial charge in [0.2, 0.25) is 10.0 Å². The molecule has 26 heavy (non-hydrogen) atoms. The van der Waals surface area contributed by atoms with Crippen molar-refractivity contribution in [3.8, 4) is 0 Å². The average Bonchev–Trinajstić information content (AvgIpc) is 2.88. The Morgan fingerprint density at radius 1 is 1.12 bits per heavy atom. The van der Waals surface area contributed by atoms with Crippen molar-refractivity contribution >= 4 is 31.6 Å². The lowest BCUT2D eigenvalue weighted by molar-refractivity contribution is 0.589. The Labute approximate surface area is 153 Å². The van der Waals surface area contributed by atoms with Crippen LogP contribution in [0.2, 0.25) is 0 Å². The van der Waals surface area contributed by atoms with Gasteiger partial charge in [0, 0.05) is 12.0 Å². The number of aromatic nitrogens is 1. The number of hydrogen-bond acceptors (Lipinski definition) is 4. The lowest BCUT2D eigenvalue weighted by Gasteiger charge is -2.04. The van der Waals surface area contributed by atoms with E-state index in [2.05, 4.69) is 18.8 Å². The standard InChI is InChI=1S/C18H16F2N2O2S2/c1-18(2)14(9-3-5-11(6-4-9)26(21,23)24)15(18)17-22-16-12(20)7-10(19)8-13(16)25-17/h3-8,14-15H,1-2H3,(H2,21,23,24)/t14-,15+/m1/s1. The molecule has 136 valence electrons. The summed E-state index contributed by atoms with van der Waals surface area (Å²) in [5.41, 5.74) is 1.04. The maximum absolute atomic E-state index is 13.9. The van der Waals surface area contributed by atoms with Gasteiger partial charge in [0.05, 0.1) is 14.6 Å². The molecule has 0 saturated heterocycles. The molecule has 1 saturated carbocycles. The van der Waals surface area contributed by atoms with Crippen LogP contribution in [-0.4, -0.2) is 13.4 Å². The number of rotatable bonds is 3. The number of nitrogens with two attached hydrogens (primary N) is 1. The quantitative estimate of drug-likeness (QED) is 0.726. The molecule has 4 nitrogen and oxygen atoms in total. The second-order valence-electron chi connectivity index (χ2n) is 7.18. The van der Waals surface area contributed by atoms with Crippen LogP contribution < -0.4 is 5.14 Å². The first-order chi connectivity index (χ1) is 12.1. The van der Waals surface area contributed by atoms with E-state index in [1.54, 1.807) is 12.1 Å². The van der Waals surface area contributed by atoms with Gasteiger partial charge in [-0.25, -0.2) is 27.3 Å². The summed E-state index contributed by atoms with van der Waals surface area (Å²) in [7, 11) is -3.73. The van der Waals surface area contributed by atoms with E-state index >= 15 is 0 Å². The van der Waals surface area contributed by atoms with Gasteiger partial charge in [-0.05, 0) is 35.1 Å². The third-order valence-electron chi connectivity index (χ3n) is 5.09. The summed E-state index contributed by atoms with van der Waals surface area (Å²) in [6.45, 7) is 4.16. The maximum atomic E-state index is 13.9. The molecular formula is C18H16F2N2O2S2. The van der Waals surface area contributed by atoms with Crippen molar-refractivity contribution in [3.05, 3.63) is 58.6 Å². The molecular weight excluding hydrogens is 378 g/mol. The van der Waals surface area contributed by atoms with Crippen molar-refractivity contribution in [2.75, 3.05) is 0 Å². The van der Waals surface area contributed by atoms with Crippen LogP contribution in [0.5, 0.6) is 0 Å². The lowest BCUT2D eigenvalue weighted by Crippen LogP contribution is -2.11. The molecule has 1 aliphatic carbocycles. The van der Waals surface area contributed by atoms with Gasteiger partial charge in [0.1, 0.15) is 11.3 Å². The number of halogens is 2. The van der Waals surface area contributed by atoms with Crippen molar-refractivity contribution < 1.29 is 17.2 Å². The van der Waals surface area contributed by atoms with Crippen molar-refractivity contribution in [1.82, 2.24) is 4.98 Å². The molecule has 0 spiro atoms. The van der Waals surface area contributed by atoms with E-state index < -0.39 is 21.7 Å². The fraction of sp³-hybridized carbons (Fsp3) is 0.278. The summed E-state index contributed by atoms with van der Waals surface area (Å²) >= 11 is 1.30. The van der Waals surface area contributed by atoms with E-state index in [-0.39, 0.29) is 27.7 Å². The third-order valence-corrected chi connectivity index (χ3v) is 7.11. The Hall–Kier alpha value is -1.90. The highest BCUT2D eigenvalue weighted by atomic mass is 32.2. The van der Waals surface area contributed by atoms with E-state index in [1.165, 1.54) is 29.5 Å². The van der Waals surface area contributed by atoms with Gasteiger partial charge < -0.3 is 0 Å². The van der Waals surface area contributed by atoms with Crippen molar-refractivity contribution in [2.45, 2.75) is 30.6 Å². The monoisotopic (exact) mass is 394 g/mol. The Morgan fingerprint density at radius 3 is 2.38 bits per heavy atom. The van der Waals surface area contributed by atoms with Crippen LogP contribution in [0.15, 0.2) is 41.3 Å². The first-order valence-electron chi connectivity index (χ1n) is 7.97. The van der Waals surface area contributed by atoms with Gasteiger partial charge in [-0.3, -0.25) is 0 Å². The van der Waals surface area contributed by atoms with E-state index in [0.29, 0.717) is 4.70 Å². The molecule has 1 heterocycles. The molecule has 0 unspecified atom stereocenters. The second kappa shape index (κ2) is 5.55. The maximum Gasteiger partial charge on any atom is 0.238 e. The summed E-state index contributed by atoms with van der Waals surface area (Å²) in [6.07, 6.45) is 0. The smallest absolute Gasteiger partial charge is 0.238 e. The van der Waals surface area contributed by atoms with Gasteiger partial charge in [-0.2, -0.15) is 0 Å². The fourth-order valence-corrected chi connectivity index (χ4v) is 5.55. The van der Waals surface area contributed by atoms with Crippen molar-refractivity contribution in [3.63, 3.8) is 0 Å². The zero-order chi connectivity index (χ0) is 18.9. The first-order valence-corrected chi connectivity index (χ1v) is 10.3. The number of fused-ring (bicyclic) bond motifs is 1. The Kier molecular flexibility index (Phi) is 3.74. The second-order valence-corrected chi connectivity index (χ2v) is 9.80. The number of primary sulfonamides is 1. The van der Waals surface area contributed by atoms with Gasteiger partial charge in [0.25, 0.3) is 0 Å². The van der Waals surface area contributed by atoms with E-state index in [9.17, 15) is 17.2 Å². The molecule has 0 bridgehead atoms. The topological polar surface area (TPSA) is 73.1 Å². The third kappa shape index (κ3) is 2.72. The van der Waals surface area contributed by atoms with E-state index in [1.807, 2.05) is 0 Å². The zero-order valence-corrected chi connectivity index (χ0v) is 15.7. The van der Waals surface area contributed by atoms with Gasteiger partial charge in [-0.15, -0.1) is 11.3 Å². The number of benzene rings is 2. The highest BCUT2D eigenvalue weighted by molar-refractivity contribution is 7.89. The molecule has 0 aliphatic heterocycles. The number of hydrogen-bond donors (Lipinski definition) is 1. The van der Waals surface area contributed by atoms with Crippen molar-refractivity contribution in [2.24, 2.45) is 10.6 Å². The minimum atomic E-state index is -3.73. The Bertz CT molecular complexity index is 1120. The Morgan fingerprint density at radius 2 is 1.77 bits per heavy atom. The molecule has 2 N–H and O–H groups in total. The predicted molar refractivity (Wildman–Crippen MR) is 96.6 cm³/mol. The molecule has 3 aromatic rings. The highest BCUT2D eigenvalue weighted by Gasteiger charge is 2.60. The normalized spacial score (nSPS) is 21.9. The van der Waals surface area contributed by atoms with Crippen LogP contribution in [-0.2, 0) is 10.0 Å². The molecule has 1 aliphatic rings. The molecule has 0 amide bonds. The molecule has 1 aromatic heterocycles. The summed E-state index contributed by atoms with van der Waals surface area (Å²) in [5.74, 6) is -1.10. The number of sulfonamides is 1. The Balaban J connectivity index is 1.71. The zero-order valence-electron chi connectivity index (χ0n) is 14.0. The van der Waals surface area contributed by atoms with E-state index in [4.69, 9.17) is 5.14 Å². The van der Waals surface area contributed by atoms with Crippen molar-refractivity contribution in [1.29, 1.82) is 0 Å². The van der Waals surface area contributed by atoms with Crippen LogP contribution >= 0.6 is 11.3 Å². The molecule has 4 rings (SSSR count). The SMILES string of the molecule is CC1(C)[C@H](c2ccc(S(N)(=O)=O)cc2)[C@H]1c1nc2c(F)cc(F)cc2s1. The van der Waals surface area contributed by atoms with Crippen LogP contribution in [0, 0.1) is 17.0 Å². The molecule has 0 radical (unpaired) electrons. The summed E-state index contributed by atoms with van der Waals surface area (Å²) in [6, 6.07) is 8.62. The van der Waals surface area contributed by atoms with Crippen LogP contribution in [0.3, 0.4) is 0 Å². The summed E-state index contributed by atoms with van der Waals surface area (Å²) in [5, 5.41) is 5.90. The number of thiazole rings is 1. The predicted octanol–water partition coefficient (Wildman–Crippen LogP) is 4.13. The highest BCUT2D eigenvalue weighted by Crippen LogP contribution is 2.70. The van der Waals surface area contributed by atoms with Crippen LogP contribution in [0.4, 0.5) is 8.78 Å². The minimum absolute atomic E-state index is 0.0581. The summed E-state index contributed by atoms with van der Waals surface area (Å²) < 4.78 is 50.7. The first kappa shape index (κ1) is 17.5. The largest absolute Gasteiger partial charge is 0.238 e. The van der Waals surface area contributed by atoms with Crippen LogP contribution in [0.1, 0.15) is 36.3 Å². The molecule has 8 heteroatoms. The average molecular weight is 394 g/mol. The molecule has 2 aromatic carbocycles. The van der Waals surface area contributed by atoms with Gasteiger partial charge in [-0.1, -0.05) is 26.0 Å². The number of nitrogens with zero attached hydrogens (tertiary/aromatic N) is 1. The molecule has 2 atom stereocenters. The summed E-state index contributed by atoms with van der Waals surface area (Å²) in [4.78, 5) is 4.47. The van der Waals surface area contributed by atoms with E-state index in [0.717, 1.165) is 16.6 Å². The fourth-order valence-electron chi connectivity index (χ4n) is 3.69.